The maximum atomic E-state index is 5.81. The number of rotatable bonds is 7. The Labute approximate surface area is 130 Å². The molecule has 5 heteroatoms. The van der Waals surface area contributed by atoms with Crippen molar-refractivity contribution >= 4 is 17.0 Å². The molecule has 0 aliphatic carbocycles. The third-order valence-corrected chi connectivity index (χ3v) is 4.22. The summed E-state index contributed by atoms with van der Waals surface area (Å²) >= 11 is 1.67. The van der Waals surface area contributed by atoms with E-state index in [0.717, 1.165) is 29.5 Å². The van der Waals surface area contributed by atoms with E-state index in [2.05, 4.69) is 28.4 Å². The van der Waals surface area contributed by atoms with Crippen molar-refractivity contribution in [3.05, 3.63) is 45.9 Å². The average Bonchev–Trinajstić information content (AvgIpc) is 2.87. The number of nitrogen functional groups attached to an aromatic ring is 1. The number of thiazole rings is 1. The predicted octanol–water partition coefficient (Wildman–Crippen LogP) is 3.45. The Morgan fingerprint density at radius 1 is 1.38 bits per heavy atom. The van der Waals surface area contributed by atoms with Gasteiger partial charge in [0, 0.05) is 30.8 Å². The van der Waals surface area contributed by atoms with Gasteiger partial charge in [-0.25, -0.2) is 4.98 Å². The van der Waals surface area contributed by atoms with E-state index in [4.69, 9.17) is 10.5 Å². The normalized spacial score (nSPS) is 12.8. The summed E-state index contributed by atoms with van der Waals surface area (Å²) in [6, 6.07) is 8.01. The van der Waals surface area contributed by atoms with Crippen LogP contribution in [0.15, 0.2) is 29.6 Å². The largest absolute Gasteiger partial charge is 0.399 e. The molecule has 1 aromatic carbocycles. The molecule has 1 aromatic heterocycles. The van der Waals surface area contributed by atoms with Crippen LogP contribution in [0, 0.1) is 0 Å². The second-order valence-corrected chi connectivity index (χ2v) is 6.08. The standard InChI is InChI=1S/C16H23N3OS/c1-4-20-12(2)16-18-15(11-21-16)10-19(3)9-13-6-5-7-14(17)8-13/h5-8,11-12H,4,9-10,17H2,1-3H3. The highest BCUT2D eigenvalue weighted by molar-refractivity contribution is 7.09. The fourth-order valence-corrected chi connectivity index (χ4v) is 3.05. The minimum absolute atomic E-state index is 0.0768. The summed E-state index contributed by atoms with van der Waals surface area (Å²) in [6.45, 7) is 6.45. The van der Waals surface area contributed by atoms with E-state index in [1.807, 2.05) is 32.0 Å². The fourth-order valence-electron chi connectivity index (χ4n) is 2.24. The summed E-state index contributed by atoms with van der Waals surface area (Å²) in [5.41, 5.74) is 8.93. The Bertz CT molecular complexity index is 570. The van der Waals surface area contributed by atoms with E-state index in [1.54, 1.807) is 11.3 Å². The van der Waals surface area contributed by atoms with E-state index < -0.39 is 0 Å². The first-order chi connectivity index (χ1) is 10.1. The van der Waals surface area contributed by atoms with Crippen molar-refractivity contribution in [3.63, 3.8) is 0 Å². The van der Waals surface area contributed by atoms with E-state index in [1.165, 1.54) is 5.56 Å². The monoisotopic (exact) mass is 305 g/mol. The molecular formula is C16H23N3OS. The molecule has 0 saturated carbocycles. The van der Waals surface area contributed by atoms with Crippen LogP contribution in [0.4, 0.5) is 5.69 Å². The van der Waals surface area contributed by atoms with Gasteiger partial charge in [0.2, 0.25) is 0 Å². The number of hydrogen-bond donors (Lipinski definition) is 1. The van der Waals surface area contributed by atoms with E-state index >= 15 is 0 Å². The zero-order valence-electron chi connectivity index (χ0n) is 12.9. The molecule has 0 saturated heterocycles. The van der Waals surface area contributed by atoms with Crippen LogP contribution in [0.2, 0.25) is 0 Å². The molecule has 0 radical (unpaired) electrons. The Kier molecular flexibility index (Phi) is 5.73. The van der Waals surface area contributed by atoms with Gasteiger partial charge in [0.05, 0.1) is 5.69 Å². The zero-order chi connectivity index (χ0) is 15.2. The van der Waals surface area contributed by atoms with Crippen LogP contribution < -0.4 is 5.73 Å². The first-order valence-electron chi connectivity index (χ1n) is 7.17. The van der Waals surface area contributed by atoms with Gasteiger partial charge < -0.3 is 10.5 Å². The lowest BCUT2D eigenvalue weighted by molar-refractivity contribution is 0.0760. The van der Waals surface area contributed by atoms with Crippen LogP contribution in [-0.2, 0) is 17.8 Å². The average molecular weight is 305 g/mol. The molecule has 114 valence electrons. The molecule has 21 heavy (non-hydrogen) atoms. The van der Waals surface area contributed by atoms with Crippen LogP contribution in [-0.4, -0.2) is 23.5 Å². The summed E-state index contributed by atoms with van der Waals surface area (Å²) in [5.74, 6) is 0. The lowest BCUT2D eigenvalue weighted by Crippen LogP contribution is -2.17. The molecule has 0 bridgehead atoms. The number of anilines is 1. The first-order valence-corrected chi connectivity index (χ1v) is 8.05. The molecule has 1 unspecified atom stereocenters. The molecule has 1 heterocycles. The third-order valence-electron chi connectivity index (χ3n) is 3.17. The van der Waals surface area contributed by atoms with Crippen LogP contribution in [0.3, 0.4) is 0 Å². The van der Waals surface area contributed by atoms with E-state index in [0.29, 0.717) is 6.61 Å². The molecule has 4 nitrogen and oxygen atoms in total. The highest BCUT2D eigenvalue weighted by atomic mass is 32.1. The van der Waals surface area contributed by atoms with Gasteiger partial charge in [0.25, 0.3) is 0 Å². The number of aromatic nitrogens is 1. The smallest absolute Gasteiger partial charge is 0.122 e. The van der Waals surface area contributed by atoms with Crippen molar-refractivity contribution < 1.29 is 4.74 Å². The molecular weight excluding hydrogens is 282 g/mol. The van der Waals surface area contributed by atoms with Gasteiger partial charge in [-0.2, -0.15) is 0 Å². The Morgan fingerprint density at radius 2 is 2.19 bits per heavy atom. The molecule has 1 atom stereocenters. The van der Waals surface area contributed by atoms with Gasteiger partial charge >= 0.3 is 0 Å². The summed E-state index contributed by atoms with van der Waals surface area (Å²) in [5, 5.41) is 3.16. The quantitative estimate of drug-likeness (QED) is 0.796. The Morgan fingerprint density at radius 3 is 2.90 bits per heavy atom. The lowest BCUT2D eigenvalue weighted by Gasteiger charge is -2.15. The van der Waals surface area contributed by atoms with Crippen molar-refractivity contribution in [2.75, 3.05) is 19.4 Å². The van der Waals surface area contributed by atoms with Crippen molar-refractivity contribution in [2.24, 2.45) is 0 Å². The minimum Gasteiger partial charge on any atom is -0.399 e. The summed E-state index contributed by atoms with van der Waals surface area (Å²) < 4.78 is 5.58. The molecule has 0 spiro atoms. The predicted molar refractivity (Wildman–Crippen MR) is 88.2 cm³/mol. The molecule has 2 N–H and O–H groups in total. The number of ether oxygens (including phenoxy) is 1. The van der Waals surface area contributed by atoms with Crippen molar-refractivity contribution in [1.29, 1.82) is 0 Å². The van der Waals surface area contributed by atoms with Crippen LogP contribution >= 0.6 is 11.3 Å². The number of nitrogens with zero attached hydrogens (tertiary/aromatic N) is 2. The van der Waals surface area contributed by atoms with Crippen molar-refractivity contribution in [1.82, 2.24) is 9.88 Å². The summed E-state index contributed by atoms with van der Waals surface area (Å²) in [4.78, 5) is 6.89. The second-order valence-electron chi connectivity index (χ2n) is 5.19. The maximum Gasteiger partial charge on any atom is 0.122 e. The molecule has 0 amide bonds. The topological polar surface area (TPSA) is 51.4 Å². The first kappa shape index (κ1) is 15.9. The molecule has 0 aliphatic rings. The molecule has 0 fully saturated rings. The van der Waals surface area contributed by atoms with Crippen molar-refractivity contribution in [2.45, 2.75) is 33.0 Å². The van der Waals surface area contributed by atoms with Gasteiger partial charge in [-0.05, 0) is 38.6 Å². The van der Waals surface area contributed by atoms with Crippen LogP contribution in [0.1, 0.15) is 36.2 Å². The van der Waals surface area contributed by atoms with Crippen LogP contribution in [0.25, 0.3) is 0 Å². The van der Waals surface area contributed by atoms with Crippen molar-refractivity contribution in [3.8, 4) is 0 Å². The highest BCUT2D eigenvalue weighted by Gasteiger charge is 2.11. The lowest BCUT2D eigenvalue weighted by atomic mass is 10.2. The SMILES string of the molecule is CCOC(C)c1nc(CN(C)Cc2cccc(N)c2)cs1. The number of nitrogens with two attached hydrogens (primary N) is 1. The molecule has 0 aliphatic heterocycles. The summed E-state index contributed by atoms with van der Waals surface area (Å²) in [7, 11) is 2.09. The Hall–Kier alpha value is -1.43. The minimum atomic E-state index is 0.0768. The van der Waals surface area contributed by atoms with Gasteiger partial charge in [-0.3, -0.25) is 4.90 Å². The third kappa shape index (κ3) is 4.81. The molecule has 2 rings (SSSR count). The van der Waals surface area contributed by atoms with Gasteiger partial charge in [-0.15, -0.1) is 11.3 Å². The maximum absolute atomic E-state index is 5.81. The number of benzene rings is 1. The van der Waals surface area contributed by atoms with Gasteiger partial charge in [0.1, 0.15) is 11.1 Å². The number of hydrogen-bond acceptors (Lipinski definition) is 5. The molecule has 2 aromatic rings. The van der Waals surface area contributed by atoms with Gasteiger partial charge in [0.15, 0.2) is 0 Å². The van der Waals surface area contributed by atoms with E-state index in [-0.39, 0.29) is 6.10 Å². The Balaban J connectivity index is 1.92. The van der Waals surface area contributed by atoms with Crippen LogP contribution in [0.5, 0.6) is 0 Å². The fraction of sp³-hybridized carbons (Fsp3) is 0.438. The summed E-state index contributed by atoms with van der Waals surface area (Å²) in [6.07, 6.45) is 0.0768. The highest BCUT2D eigenvalue weighted by Crippen LogP contribution is 2.22. The van der Waals surface area contributed by atoms with E-state index in [9.17, 15) is 0 Å². The zero-order valence-corrected chi connectivity index (χ0v) is 13.7. The second kappa shape index (κ2) is 7.54. The van der Waals surface area contributed by atoms with Gasteiger partial charge in [-0.1, -0.05) is 12.1 Å².